The fraction of sp³-hybridized carbons (Fsp3) is 0.600. The van der Waals surface area contributed by atoms with Gasteiger partial charge in [0.25, 0.3) is 5.91 Å². The van der Waals surface area contributed by atoms with Crippen molar-refractivity contribution in [1.82, 2.24) is 15.1 Å². The van der Waals surface area contributed by atoms with Crippen molar-refractivity contribution in [3.63, 3.8) is 0 Å². The zero-order valence-electron chi connectivity index (χ0n) is 20.8. The number of hydrogen-bond acceptors (Lipinski definition) is 6. The van der Waals surface area contributed by atoms with Crippen molar-refractivity contribution in [1.29, 1.82) is 0 Å². The number of nitrogens with one attached hydrogen (secondary N) is 1. The van der Waals surface area contributed by atoms with Crippen LogP contribution in [0.5, 0.6) is 0 Å². The highest BCUT2D eigenvalue weighted by atomic mass is 19.3. The molecule has 0 saturated carbocycles. The first kappa shape index (κ1) is 26.0. The van der Waals surface area contributed by atoms with Crippen LogP contribution in [0.25, 0.3) is 0 Å². The first-order chi connectivity index (χ1) is 17.2. The van der Waals surface area contributed by atoms with Gasteiger partial charge >= 0.3 is 6.61 Å². The van der Waals surface area contributed by atoms with Crippen molar-refractivity contribution in [2.45, 2.75) is 89.2 Å². The van der Waals surface area contributed by atoms with Gasteiger partial charge in [-0.05, 0) is 57.4 Å². The number of aliphatic imine (C=N–C) groups is 1. The quantitative estimate of drug-likeness (QED) is 0.181. The predicted octanol–water partition coefficient (Wildman–Crippen LogP) is 2.34. The number of nitrogens with two attached hydrogens (primary N) is 3. The zero-order chi connectivity index (χ0) is 26.0. The molecule has 11 heteroatoms. The van der Waals surface area contributed by atoms with Crippen LogP contribution >= 0.6 is 0 Å². The number of likely N-dealkylation sites (tertiary alicyclic amines) is 1. The zero-order valence-corrected chi connectivity index (χ0v) is 20.8. The summed E-state index contributed by atoms with van der Waals surface area (Å²) < 4.78 is 31.2. The Bertz CT molecular complexity index is 1000. The molecule has 0 aromatic carbocycles. The highest BCUT2D eigenvalue weighted by molar-refractivity contribution is 5.97. The van der Waals surface area contributed by atoms with Crippen molar-refractivity contribution in [3.8, 4) is 0 Å². The third-order valence-corrected chi connectivity index (χ3v) is 7.37. The average Bonchev–Trinajstić information content (AvgIpc) is 3.31. The molecule has 0 spiro atoms. The van der Waals surface area contributed by atoms with Gasteiger partial charge in [-0.2, -0.15) is 13.8 Å². The molecule has 0 aromatic heterocycles. The molecule has 36 heavy (non-hydrogen) atoms. The number of hydrogen-bond donors (Lipinski definition) is 4. The van der Waals surface area contributed by atoms with Crippen molar-refractivity contribution >= 4 is 11.9 Å². The molecule has 3 unspecified atom stereocenters. The van der Waals surface area contributed by atoms with E-state index in [1.165, 1.54) is 0 Å². The Kier molecular flexibility index (Phi) is 7.87. The van der Waals surface area contributed by atoms with Gasteiger partial charge in [0.2, 0.25) is 0 Å². The largest absolute Gasteiger partial charge is 0.439 e. The number of halogens is 2. The van der Waals surface area contributed by atoms with E-state index in [-0.39, 0.29) is 35.8 Å². The molecule has 9 nitrogen and oxygen atoms in total. The Balaban J connectivity index is 1.77. The summed E-state index contributed by atoms with van der Waals surface area (Å²) >= 11 is 0. The highest BCUT2D eigenvalue weighted by Crippen LogP contribution is 2.38. The molecule has 0 bridgehead atoms. The van der Waals surface area contributed by atoms with Crippen LogP contribution in [-0.2, 0) is 9.53 Å². The van der Waals surface area contributed by atoms with Crippen LogP contribution < -0.4 is 22.5 Å². The van der Waals surface area contributed by atoms with Gasteiger partial charge in [0.1, 0.15) is 11.9 Å². The number of nitrogens with zero attached hydrogens (tertiary/aromatic N) is 3. The topological polar surface area (TPSA) is 135 Å². The van der Waals surface area contributed by atoms with E-state index in [1.807, 2.05) is 15.9 Å². The lowest BCUT2D eigenvalue weighted by atomic mass is 9.86. The lowest BCUT2D eigenvalue weighted by molar-refractivity contribution is -0.139. The monoisotopic (exact) mass is 505 g/mol. The molecule has 0 radical (unpaired) electrons. The van der Waals surface area contributed by atoms with Gasteiger partial charge in [-0.25, -0.2) is 0 Å². The van der Waals surface area contributed by atoms with Gasteiger partial charge in [-0.3, -0.25) is 10.1 Å². The van der Waals surface area contributed by atoms with E-state index < -0.39 is 12.8 Å². The fourth-order valence-corrected chi connectivity index (χ4v) is 5.81. The molecule has 2 aliphatic heterocycles. The number of guanidine groups is 1. The number of fused-ring (bicyclic) bond motifs is 1. The second-order valence-corrected chi connectivity index (χ2v) is 9.87. The molecule has 2 heterocycles. The van der Waals surface area contributed by atoms with Gasteiger partial charge in [0, 0.05) is 19.0 Å². The number of rotatable bonds is 7. The summed E-state index contributed by atoms with van der Waals surface area (Å²) in [7, 11) is 0. The molecule has 4 atom stereocenters. The average molecular weight is 506 g/mol. The molecule has 198 valence electrons. The SMILES string of the molecule is C=C(C)/C(N)=C(\N=C(N)N)N1CCC[C@H]1C1NC2CCCC(OC(F)F)=C2C(=O)N1C1C=CCCC1. The van der Waals surface area contributed by atoms with E-state index in [0.717, 1.165) is 32.1 Å². The molecular weight excluding hydrogens is 468 g/mol. The Hall–Kier alpha value is -3.08. The summed E-state index contributed by atoms with van der Waals surface area (Å²) in [5.74, 6) is 0.164. The van der Waals surface area contributed by atoms with Crippen LogP contribution in [0.2, 0.25) is 0 Å². The van der Waals surface area contributed by atoms with E-state index in [9.17, 15) is 13.6 Å². The van der Waals surface area contributed by atoms with Crippen molar-refractivity contribution in [2.24, 2.45) is 22.2 Å². The Labute approximate surface area is 210 Å². The molecule has 2 aliphatic carbocycles. The van der Waals surface area contributed by atoms with Crippen LogP contribution in [0, 0.1) is 0 Å². The minimum Gasteiger partial charge on any atom is -0.439 e. The molecular formula is C25H37F2N7O2. The fourth-order valence-electron chi connectivity index (χ4n) is 5.81. The number of amides is 1. The maximum absolute atomic E-state index is 14.0. The Morgan fingerprint density at radius 1 is 1.22 bits per heavy atom. The third-order valence-electron chi connectivity index (χ3n) is 7.37. The second-order valence-electron chi connectivity index (χ2n) is 9.87. The number of allylic oxidation sites excluding steroid dienone is 3. The summed E-state index contributed by atoms with van der Waals surface area (Å²) in [6.07, 6.45) is 9.68. The lowest BCUT2D eigenvalue weighted by Crippen LogP contribution is -2.68. The van der Waals surface area contributed by atoms with Gasteiger partial charge in [-0.15, -0.1) is 0 Å². The summed E-state index contributed by atoms with van der Waals surface area (Å²) in [6.45, 7) is 3.41. The summed E-state index contributed by atoms with van der Waals surface area (Å²) in [5, 5.41) is 3.63. The Morgan fingerprint density at radius 3 is 2.64 bits per heavy atom. The molecule has 4 aliphatic rings. The minimum absolute atomic E-state index is 0.0953. The maximum Gasteiger partial charge on any atom is 0.387 e. The number of carbonyl (C=O) groups excluding carboxylic acids is 1. The molecule has 0 aromatic rings. The van der Waals surface area contributed by atoms with Gasteiger partial charge in [-0.1, -0.05) is 18.7 Å². The van der Waals surface area contributed by atoms with Crippen LogP contribution in [0.3, 0.4) is 0 Å². The van der Waals surface area contributed by atoms with Crippen molar-refractivity contribution < 1.29 is 18.3 Å². The van der Waals surface area contributed by atoms with E-state index in [2.05, 4.69) is 23.0 Å². The second kappa shape index (κ2) is 10.9. The minimum atomic E-state index is -2.97. The maximum atomic E-state index is 14.0. The van der Waals surface area contributed by atoms with E-state index in [0.29, 0.717) is 48.5 Å². The normalized spacial score (nSPS) is 29.3. The molecule has 2 fully saturated rings. The number of alkyl halides is 2. The van der Waals surface area contributed by atoms with Crippen LogP contribution in [0.15, 0.2) is 52.1 Å². The van der Waals surface area contributed by atoms with Crippen LogP contribution in [0.4, 0.5) is 8.78 Å². The first-order valence-electron chi connectivity index (χ1n) is 12.6. The molecule has 2 saturated heterocycles. The summed E-state index contributed by atoms with van der Waals surface area (Å²) in [6, 6.07) is -0.711. The summed E-state index contributed by atoms with van der Waals surface area (Å²) in [5.41, 5.74) is 19.2. The first-order valence-corrected chi connectivity index (χ1v) is 12.6. The standard InChI is InChI=1S/C25H37F2N7O2/c1-14(2)20(28)22(32-25(29)30)33-13-7-11-17(33)21-31-16-10-6-12-18(36-24(26)27)19(16)23(35)34(21)15-8-4-3-5-9-15/h4,8,15-17,21,24,31H,1,3,5-7,9-13,28H2,2H3,(H4,29,30,32)/b22-20-/t15?,16?,17-,21?/m0/s1. The predicted molar refractivity (Wildman–Crippen MR) is 134 cm³/mol. The van der Waals surface area contributed by atoms with Crippen LogP contribution in [-0.4, -0.2) is 59.1 Å². The number of carbonyl (C=O) groups is 1. The van der Waals surface area contributed by atoms with Gasteiger partial charge in [0.05, 0.1) is 23.4 Å². The van der Waals surface area contributed by atoms with E-state index in [4.69, 9.17) is 21.9 Å². The van der Waals surface area contributed by atoms with Gasteiger partial charge in [0.15, 0.2) is 11.8 Å². The van der Waals surface area contributed by atoms with Crippen molar-refractivity contribution in [3.05, 3.63) is 47.2 Å². The van der Waals surface area contributed by atoms with Crippen molar-refractivity contribution in [2.75, 3.05) is 6.54 Å². The van der Waals surface area contributed by atoms with Gasteiger partial charge < -0.3 is 31.7 Å². The lowest BCUT2D eigenvalue weighted by Gasteiger charge is -2.50. The number of ether oxygens (including phenoxy) is 1. The third kappa shape index (κ3) is 5.21. The highest BCUT2D eigenvalue weighted by Gasteiger charge is 2.49. The van der Waals surface area contributed by atoms with E-state index in [1.54, 1.807) is 6.92 Å². The Morgan fingerprint density at radius 2 is 2.00 bits per heavy atom. The molecule has 7 N–H and O–H groups in total. The summed E-state index contributed by atoms with van der Waals surface area (Å²) in [4.78, 5) is 22.2. The molecule has 4 rings (SSSR count). The smallest absolute Gasteiger partial charge is 0.387 e. The van der Waals surface area contributed by atoms with Crippen LogP contribution in [0.1, 0.15) is 58.3 Å². The van der Waals surface area contributed by atoms with E-state index >= 15 is 0 Å². The molecule has 1 amide bonds.